The van der Waals surface area contributed by atoms with Crippen LogP contribution in [0, 0.1) is 0 Å². The van der Waals surface area contributed by atoms with Crippen LogP contribution in [0.3, 0.4) is 0 Å². The maximum Gasteiger partial charge on any atom is 0.142 e. The van der Waals surface area contributed by atoms with E-state index in [1.165, 1.54) is 5.56 Å². The minimum atomic E-state index is 0.128. The van der Waals surface area contributed by atoms with Crippen molar-refractivity contribution >= 4 is 5.69 Å². The van der Waals surface area contributed by atoms with Crippen LogP contribution < -0.4 is 15.4 Å². The number of nitrogens with two attached hydrogens (primary N) is 1. The summed E-state index contributed by atoms with van der Waals surface area (Å²) in [4.78, 5) is 2.12. The molecule has 1 aromatic rings. The first-order valence-electron chi connectivity index (χ1n) is 4.37. The minimum Gasteiger partial charge on any atom is -0.495 e. The van der Waals surface area contributed by atoms with Crippen LogP contribution in [0.25, 0.3) is 0 Å². The molecular weight excluding hydrogens is 164 g/mol. The van der Waals surface area contributed by atoms with Gasteiger partial charge in [-0.15, -0.1) is 0 Å². The molecule has 3 heteroatoms. The van der Waals surface area contributed by atoms with Gasteiger partial charge in [0.1, 0.15) is 5.75 Å². The lowest BCUT2D eigenvalue weighted by atomic mass is 10.0. The minimum absolute atomic E-state index is 0.128. The fourth-order valence-electron chi connectivity index (χ4n) is 1.73. The molecule has 1 aliphatic rings. The molecule has 0 saturated heterocycles. The van der Waals surface area contributed by atoms with Crippen LogP contribution in [0.4, 0.5) is 5.69 Å². The van der Waals surface area contributed by atoms with E-state index in [1.54, 1.807) is 7.11 Å². The first kappa shape index (κ1) is 8.38. The smallest absolute Gasteiger partial charge is 0.142 e. The third-order valence-electron chi connectivity index (χ3n) is 2.51. The number of benzene rings is 1. The Bertz CT molecular complexity index is 325. The average molecular weight is 178 g/mol. The molecule has 70 valence electrons. The van der Waals surface area contributed by atoms with Gasteiger partial charge in [0.05, 0.1) is 12.8 Å². The van der Waals surface area contributed by atoms with Gasteiger partial charge >= 0.3 is 0 Å². The summed E-state index contributed by atoms with van der Waals surface area (Å²) in [6.45, 7) is 0.859. The second-order valence-electron chi connectivity index (χ2n) is 3.42. The van der Waals surface area contributed by atoms with Crippen LogP contribution in [0.1, 0.15) is 11.6 Å². The Kier molecular flexibility index (Phi) is 1.88. The Morgan fingerprint density at radius 2 is 2.31 bits per heavy atom. The van der Waals surface area contributed by atoms with E-state index in [2.05, 4.69) is 11.0 Å². The summed E-state index contributed by atoms with van der Waals surface area (Å²) in [5.74, 6) is 0.915. The number of anilines is 1. The molecule has 2 rings (SSSR count). The molecule has 0 spiro atoms. The highest BCUT2D eigenvalue weighted by Gasteiger charge is 2.19. The summed E-state index contributed by atoms with van der Waals surface area (Å²) >= 11 is 0. The van der Waals surface area contributed by atoms with Crippen molar-refractivity contribution in [3.63, 3.8) is 0 Å². The number of nitrogens with zero attached hydrogens (tertiary/aromatic N) is 1. The number of ether oxygens (including phenoxy) is 1. The van der Waals surface area contributed by atoms with Crippen molar-refractivity contribution in [3.05, 3.63) is 23.8 Å². The summed E-state index contributed by atoms with van der Waals surface area (Å²) < 4.78 is 5.25. The van der Waals surface area contributed by atoms with Crippen LogP contribution in [0.5, 0.6) is 5.75 Å². The molecule has 0 aliphatic carbocycles. The Hall–Kier alpha value is -1.22. The predicted molar refractivity (Wildman–Crippen MR) is 53.2 cm³/mol. The second-order valence-corrected chi connectivity index (χ2v) is 3.42. The summed E-state index contributed by atoms with van der Waals surface area (Å²) in [6, 6.07) is 6.22. The fraction of sp³-hybridized carbons (Fsp3) is 0.400. The van der Waals surface area contributed by atoms with Gasteiger partial charge in [-0.3, -0.25) is 0 Å². The molecule has 0 aromatic heterocycles. The maximum atomic E-state index is 5.94. The van der Waals surface area contributed by atoms with Crippen LogP contribution in [-0.4, -0.2) is 20.7 Å². The summed E-state index contributed by atoms with van der Waals surface area (Å²) in [6.07, 6.45) is 0. The summed E-state index contributed by atoms with van der Waals surface area (Å²) in [5, 5.41) is 0. The van der Waals surface area contributed by atoms with Gasteiger partial charge in [0.25, 0.3) is 0 Å². The van der Waals surface area contributed by atoms with E-state index >= 15 is 0 Å². The van der Waals surface area contributed by atoms with Crippen LogP contribution in [0.15, 0.2) is 18.2 Å². The van der Waals surface area contributed by atoms with Gasteiger partial charge in [0.2, 0.25) is 0 Å². The lowest BCUT2D eigenvalue weighted by Crippen LogP contribution is -2.32. The van der Waals surface area contributed by atoms with Crippen molar-refractivity contribution in [3.8, 4) is 5.75 Å². The SMILES string of the molecule is COc1ccc2cc1N(C)CC2N. The molecule has 0 radical (unpaired) electrons. The topological polar surface area (TPSA) is 38.5 Å². The van der Waals surface area contributed by atoms with E-state index in [9.17, 15) is 0 Å². The standard InChI is InChI=1S/C10H14N2O/c1-12-6-8(11)7-3-4-10(13-2)9(12)5-7/h3-5,8H,6,11H2,1-2H3. The van der Waals surface area contributed by atoms with Crippen molar-refractivity contribution in [2.45, 2.75) is 6.04 Å². The molecule has 2 bridgehead atoms. The number of hydrogen-bond donors (Lipinski definition) is 1. The Morgan fingerprint density at radius 3 is 3.00 bits per heavy atom. The summed E-state index contributed by atoms with van der Waals surface area (Å²) in [7, 11) is 3.72. The molecule has 0 amide bonds. The van der Waals surface area contributed by atoms with Gasteiger partial charge < -0.3 is 15.4 Å². The van der Waals surface area contributed by atoms with Gasteiger partial charge in [-0.05, 0) is 17.7 Å². The number of hydrogen-bond acceptors (Lipinski definition) is 3. The maximum absolute atomic E-state index is 5.94. The molecular formula is C10H14N2O. The zero-order chi connectivity index (χ0) is 9.42. The highest BCUT2D eigenvalue weighted by Crippen LogP contribution is 2.34. The predicted octanol–water partition coefficient (Wildman–Crippen LogP) is 1.14. The molecule has 3 nitrogen and oxygen atoms in total. The third kappa shape index (κ3) is 1.25. The van der Waals surface area contributed by atoms with E-state index in [4.69, 9.17) is 10.5 Å². The van der Waals surface area contributed by atoms with E-state index in [0.29, 0.717) is 0 Å². The Morgan fingerprint density at radius 1 is 1.54 bits per heavy atom. The highest BCUT2D eigenvalue weighted by molar-refractivity contribution is 5.62. The third-order valence-corrected chi connectivity index (χ3v) is 2.51. The average Bonchev–Trinajstić information content (AvgIpc) is 2.15. The first-order valence-corrected chi connectivity index (χ1v) is 4.37. The summed E-state index contributed by atoms with van der Waals surface area (Å²) in [5.41, 5.74) is 8.25. The van der Waals surface area contributed by atoms with Gasteiger partial charge in [-0.25, -0.2) is 0 Å². The van der Waals surface area contributed by atoms with E-state index in [-0.39, 0.29) is 6.04 Å². The molecule has 2 N–H and O–H groups in total. The molecule has 0 saturated carbocycles. The van der Waals surface area contributed by atoms with Crippen LogP contribution >= 0.6 is 0 Å². The normalized spacial score (nSPS) is 20.2. The Balaban J connectivity index is 2.50. The van der Waals surface area contributed by atoms with Crippen LogP contribution in [0.2, 0.25) is 0 Å². The number of rotatable bonds is 1. The largest absolute Gasteiger partial charge is 0.495 e. The van der Waals surface area contributed by atoms with E-state index in [1.807, 2.05) is 19.2 Å². The molecule has 13 heavy (non-hydrogen) atoms. The number of likely N-dealkylation sites (N-methyl/N-ethyl adjacent to an activating group) is 1. The van der Waals surface area contributed by atoms with Crippen molar-refractivity contribution in [2.75, 3.05) is 25.6 Å². The molecule has 1 atom stereocenters. The van der Waals surface area contributed by atoms with Crippen molar-refractivity contribution in [2.24, 2.45) is 5.73 Å². The molecule has 1 heterocycles. The van der Waals surface area contributed by atoms with Gasteiger partial charge in [0, 0.05) is 19.6 Å². The van der Waals surface area contributed by atoms with E-state index in [0.717, 1.165) is 18.0 Å². The van der Waals surface area contributed by atoms with Gasteiger partial charge in [-0.2, -0.15) is 0 Å². The van der Waals surface area contributed by atoms with E-state index < -0.39 is 0 Å². The molecule has 1 aliphatic heterocycles. The van der Waals surface area contributed by atoms with Crippen molar-refractivity contribution in [1.29, 1.82) is 0 Å². The van der Waals surface area contributed by atoms with Gasteiger partial charge in [0.15, 0.2) is 0 Å². The highest BCUT2D eigenvalue weighted by atomic mass is 16.5. The van der Waals surface area contributed by atoms with Crippen molar-refractivity contribution < 1.29 is 4.74 Å². The second kappa shape index (κ2) is 2.92. The first-order chi connectivity index (χ1) is 6.22. The molecule has 0 fully saturated rings. The van der Waals surface area contributed by atoms with Gasteiger partial charge in [-0.1, -0.05) is 6.07 Å². The van der Waals surface area contributed by atoms with Crippen molar-refractivity contribution in [1.82, 2.24) is 0 Å². The fourth-order valence-corrected chi connectivity index (χ4v) is 1.73. The lowest BCUT2D eigenvalue weighted by molar-refractivity contribution is 0.413. The Labute approximate surface area is 78.1 Å². The zero-order valence-electron chi connectivity index (χ0n) is 7.95. The molecule has 1 unspecified atom stereocenters. The van der Waals surface area contributed by atoms with Crippen LogP contribution in [-0.2, 0) is 0 Å². The number of fused-ring (bicyclic) bond motifs is 2. The lowest BCUT2D eigenvalue weighted by Gasteiger charge is -2.30. The molecule has 1 aromatic carbocycles. The number of methoxy groups -OCH3 is 1. The zero-order valence-corrected chi connectivity index (χ0v) is 7.95. The monoisotopic (exact) mass is 178 g/mol. The quantitative estimate of drug-likeness (QED) is 0.701.